The average molecular weight is 212 g/mol. The van der Waals surface area contributed by atoms with Crippen molar-refractivity contribution < 1.29 is 4.79 Å². The number of nitrogens with zero attached hydrogens (tertiary/aromatic N) is 1. The van der Waals surface area contributed by atoms with Crippen LogP contribution in [0.5, 0.6) is 0 Å². The third kappa shape index (κ3) is 4.20. The Morgan fingerprint density at radius 2 is 2.07 bits per heavy atom. The van der Waals surface area contributed by atoms with Crippen molar-refractivity contribution in [3.05, 3.63) is 0 Å². The van der Waals surface area contributed by atoms with Crippen LogP contribution >= 0.6 is 0 Å². The normalized spacial score (nSPS) is 22.7. The highest BCUT2D eigenvalue weighted by Crippen LogP contribution is 2.12. The van der Waals surface area contributed by atoms with Gasteiger partial charge in [-0.2, -0.15) is 0 Å². The molecule has 3 heteroatoms. The zero-order chi connectivity index (χ0) is 11.4. The van der Waals surface area contributed by atoms with Gasteiger partial charge in [0.25, 0.3) is 0 Å². The zero-order valence-corrected chi connectivity index (χ0v) is 10.4. The molecule has 1 heterocycles. The molecule has 0 aromatic heterocycles. The Morgan fingerprint density at radius 1 is 1.40 bits per heavy atom. The van der Waals surface area contributed by atoms with E-state index in [-0.39, 0.29) is 5.91 Å². The van der Waals surface area contributed by atoms with E-state index in [0.717, 1.165) is 19.5 Å². The fourth-order valence-electron chi connectivity index (χ4n) is 2.03. The van der Waals surface area contributed by atoms with E-state index in [1.165, 1.54) is 0 Å². The number of amides is 1. The van der Waals surface area contributed by atoms with Gasteiger partial charge in [0, 0.05) is 31.6 Å². The van der Waals surface area contributed by atoms with E-state index < -0.39 is 0 Å². The summed E-state index contributed by atoms with van der Waals surface area (Å²) in [6, 6.07) is 0.968. The highest BCUT2D eigenvalue weighted by Gasteiger charge is 2.25. The van der Waals surface area contributed by atoms with Gasteiger partial charge in [0.15, 0.2) is 0 Å². The molecule has 1 aliphatic rings. The molecule has 1 fully saturated rings. The van der Waals surface area contributed by atoms with Crippen LogP contribution in [0.15, 0.2) is 0 Å². The molecule has 0 bridgehead atoms. The van der Waals surface area contributed by atoms with Crippen molar-refractivity contribution in [2.24, 2.45) is 5.92 Å². The minimum absolute atomic E-state index is 0.209. The first-order chi connectivity index (χ1) is 6.99. The molecule has 1 aliphatic heterocycles. The second-order valence-electron chi connectivity index (χ2n) is 5.24. The molecule has 0 aromatic carbocycles. The number of carbonyl (C=O) groups excluding carboxylic acids is 1. The van der Waals surface area contributed by atoms with Crippen LogP contribution in [0, 0.1) is 5.92 Å². The molecule has 0 radical (unpaired) electrons. The van der Waals surface area contributed by atoms with Gasteiger partial charge in [-0.1, -0.05) is 13.8 Å². The molecular weight excluding hydrogens is 188 g/mol. The van der Waals surface area contributed by atoms with Crippen LogP contribution in [0.1, 0.15) is 40.5 Å². The zero-order valence-electron chi connectivity index (χ0n) is 10.4. The number of carbonyl (C=O) groups is 1. The van der Waals surface area contributed by atoms with Crippen LogP contribution in [-0.4, -0.2) is 36.0 Å². The van der Waals surface area contributed by atoms with E-state index in [0.29, 0.717) is 24.4 Å². The highest BCUT2D eigenvalue weighted by molar-refractivity contribution is 5.76. The molecule has 1 rings (SSSR count). The SMILES string of the molecule is CC(C)CC(=O)NC1CCN(C(C)C)C1. The standard InChI is InChI=1S/C12H24N2O/c1-9(2)7-12(15)13-11-5-6-14(8-11)10(3)4/h9-11H,5-8H2,1-4H3,(H,13,15). The lowest BCUT2D eigenvalue weighted by molar-refractivity contribution is -0.122. The molecule has 0 saturated carbocycles. The van der Waals surface area contributed by atoms with Crippen LogP contribution in [0.25, 0.3) is 0 Å². The first-order valence-corrected chi connectivity index (χ1v) is 6.02. The third-order valence-corrected chi connectivity index (χ3v) is 2.91. The van der Waals surface area contributed by atoms with Crippen molar-refractivity contribution in [2.45, 2.75) is 52.6 Å². The summed E-state index contributed by atoms with van der Waals surface area (Å²) in [4.78, 5) is 14.0. The molecule has 1 saturated heterocycles. The summed E-state index contributed by atoms with van der Waals surface area (Å²) in [6.45, 7) is 10.7. The molecule has 88 valence electrons. The van der Waals surface area contributed by atoms with Crippen molar-refractivity contribution in [2.75, 3.05) is 13.1 Å². The van der Waals surface area contributed by atoms with Gasteiger partial charge in [0.2, 0.25) is 5.91 Å². The molecule has 3 nitrogen and oxygen atoms in total. The Labute approximate surface area is 93.2 Å². The summed E-state index contributed by atoms with van der Waals surface area (Å²) >= 11 is 0. The molecule has 0 spiro atoms. The minimum atomic E-state index is 0.209. The quantitative estimate of drug-likeness (QED) is 0.768. The first-order valence-electron chi connectivity index (χ1n) is 6.02. The maximum atomic E-state index is 11.6. The fourth-order valence-corrected chi connectivity index (χ4v) is 2.03. The van der Waals surface area contributed by atoms with E-state index in [1.807, 2.05) is 0 Å². The largest absolute Gasteiger partial charge is 0.352 e. The predicted molar refractivity (Wildman–Crippen MR) is 62.7 cm³/mol. The van der Waals surface area contributed by atoms with Crippen LogP contribution < -0.4 is 5.32 Å². The third-order valence-electron chi connectivity index (χ3n) is 2.91. The molecule has 1 N–H and O–H groups in total. The van der Waals surface area contributed by atoms with Crippen molar-refractivity contribution in [1.29, 1.82) is 0 Å². The smallest absolute Gasteiger partial charge is 0.220 e. The number of hydrogen-bond donors (Lipinski definition) is 1. The van der Waals surface area contributed by atoms with Gasteiger partial charge in [-0.25, -0.2) is 0 Å². The van der Waals surface area contributed by atoms with E-state index in [9.17, 15) is 4.79 Å². The van der Waals surface area contributed by atoms with Gasteiger partial charge in [-0.15, -0.1) is 0 Å². The number of nitrogens with one attached hydrogen (secondary N) is 1. The van der Waals surface area contributed by atoms with E-state index in [1.54, 1.807) is 0 Å². The summed E-state index contributed by atoms with van der Waals surface area (Å²) in [5.74, 6) is 0.660. The lowest BCUT2D eigenvalue weighted by atomic mass is 10.1. The van der Waals surface area contributed by atoms with Crippen LogP contribution in [0.2, 0.25) is 0 Å². The van der Waals surface area contributed by atoms with Crippen molar-refractivity contribution in [3.8, 4) is 0 Å². The maximum Gasteiger partial charge on any atom is 0.220 e. The predicted octanol–water partition coefficient (Wildman–Crippen LogP) is 1.63. The molecule has 1 unspecified atom stereocenters. The van der Waals surface area contributed by atoms with Crippen LogP contribution in [0.3, 0.4) is 0 Å². The van der Waals surface area contributed by atoms with Crippen molar-refractivity contribution in [3.63, 3.8) is 0 Å². The Balaban J connectivity index is 2.27. The first kappa shape index (κ1) is 12.5. The maximum absolute atomic E-state index is 11.6. The summed E-state index contributed by atoms with van der Waals surface area (Å²) in [5, 5.41) is 3.11. The Bertz CT molecular complexity index is 214. The minimum Gasteiger partial charge on any atom is -0.352 e. The number of rotatable bonds is 4. The van der Waals surface area contributed by atoms with Crippen molar-refractivity contribution >= 4 is 5.91 Å². The molecule has 1 amide bonds. The van der Waals surface area contributed by atoms with Crippen molar-refractivity contribution in [1.82, 2.24) is 10.2 Å². The molecule has 0 aromatic rings. The van der Waals surface area contributed by atoms with Crippen LogP contribution in [0.4, 0.5) is 0 Å². The van der Waals surface area contributed by atoms with Gasteiger partial charge in [0.05, 0.1) is 0 Å². The van der Waals surface area contributed by atoms with E-state index in [2.05, 4.69) is 37.9 Å². The summed E-state index contributed by atoms with van der Waals surface area (Å²) < 4.78 is 0. The number of hydrogen-bond acceptors (Lipinski definition) is 2. The molecule has 15 heavy (non-hydrogen) atoms. The number of likely N-dealkylation sites (tertiary alicyclic amines) is 1. The van der Waals surface area contributed by atoms with E-state index >= 15 is 0 Å². The summed E-state index contributed by atoms with van der Waals surface area (Å²) in [5.41, 5.74) is 0. The van der Waals surface area contributed by atoms with Crippen LogP contribution in [-0.2, 0) is 4.79 Å². The van der Waals surface area contributed by atoms with Gasteiger partial charge in [0.1, 0.15) is 0 Å². The van der Waals surface area contributed by atoms with Gasteiger partial charge in [-0.3, -0.25) is 9.69 Å². The highest BCUT2D eigenvalue weighted by atomic mass is 16.1. The van der Waals surface area contributed by atoms with Gasteiger partial charge >= 0.3 is 0 Å². The molecular formula is C12H24N2O. The monoisotopic (exact) mass is 212 g/mol. The molecule has 0 aliphatic carbocycles. The average Bonchev–Trinajstić information content (AvgIpc) is 2.50. The second-order valence-corrected chi connectivity index (χ2v) is 5.24. The Kier molecular flexibility index (Phi) is 4.58. The Morgan fingerprint density at radius 3 is 2.53 bits per heavy atom. The topological polar surface area (TPSA) is 32.3 Å². The Hall–Kier alpha value is -0.570. The lowest BCUT2D eigenvalue weighted by Gasteiger charge is -2.20. The fraction of sp³-hybridized carbons (Fsp3) is 0.917. The van der Waals surface area contributed by atoms with Gasteiger partial charge < -0.3 is 5.32 Å². The lowest BCUT2D eigenvalue weighted by Crippen LogP contribution is -2.38. The molecule has 1 atom stereocenters. The van der Waals surface area contributed by atoms with E-state index in [4.69, 9.17) is 0 Å². The summed E-state index contributed by atoms with van der Waals surface area (Å²) in [6.07, 6.45) is 1.75. The van der Waals surface area contributed by atoms with Gasteiger partial charge in [-0.05, 0) is 26.2 Å². The second kappa shape index (κ2) is 5.50. The summed E-state index contributed by atoms with van der Waals surface area (Å²) in [7, 11) is 0.